The molecular formula is C58H100Cl2I13NaO7Sn. The third kappa shape index (κ3) is 80.1. The molecule has 82 heavy (non-hydrogen) atoms. The number of alkyl halides is 12. The quantitative estimate of drug-likeness (QED) is 0.0139. The minimum atomic E-state index is -0.826. The number of aliphatic hydroxyl groups excluding tert-OH is 1. The Bertz CT molecular complexity index is 1460. The van der Waals surface area contributed by atoms with Gasteiger partial charge in [-0.25, -0.2) is 0 Å². The minimum absolute atomic E-state index is 0. The molecule has 7 nitrogen and oxygen atoms in total. The average molecular weight is 2770 g/mol. The number of carboxylic acid groups (broad SMARTS) is 2. The first-order valence-electron chi connectivity index (χ1n) is 28.8. The van der Waals surface area contributed by atoms with Crippen LogP contribution in [0.3, 0.4) is 0 Å². The van der Waals surface area contributed by atoms with Crippen LogP contribution >= 0.6 is 289 Å². The van der Waals surface area contributed by atoms with Crippen molar-refractivity contribution < 1.29 is 88.0 Å². The molecule has 0 aromatic rings. The molecule has 484 valence electrons. The average Bonchev–Trinajstić information content (AvgIpc) is 3.41. The Hall–Kier alpha value is 9.46. The van der Waals surface area contributed by atoms with E-state index in [-0.39, 0.29) is 66.1 Å². The Morgan fingerprint density at radius 2 is 0.695 bits per heavy atom. The van der Waals surface area contributed by atoms with E-state index in [1.54, 1.807) is 6.92 Å². The van der Waals surface area contributed by atoms with E-state index < -0.39 is 30.8 Å². The Morgan fingerprint density at radius 1 is 0.427 bits per heavy atom. The molecule has 0 heterocycles. The fraction of sp³-hybridized carbons (Fsp3) is 0.845. The number of rotatable bonds is 46. The van der Waals surface area contributed by atoms with Crippen molar-refractivity contribution in [2.45, 2.75) is 274 Å². The number of hydrogen-bond donors (Lipinski definition) is 3. The molecule has 0 bridgehead atoms. The van der Waals surface area contributed by atoms with E-state index in [2.05, 4.69) is 328 Å². The number of unbranched alkanes of at least 4 members (excludes halogenated alkanes) is 13. The molecule has 0 aromatic heterocycles. The van der Waals surface area contributed by atoms with Crippen molar-refractivity contribution in [3.8, 4) is 0 Å². The van der Waals surface area contributed by atoms with Crippen LogP contribution in [-0.2, 0) is 19.1 Å². The van der Waals surface area contributed by atoms with Gasteiger partial charge >= 0.3 is 84.2 Å². The van der Waals surface area contributed by atoms with Gasteiger partial charge in [-0.2, -0.15) is 0 Å². The number of esters is 1. The van der Waals surface area contributed by atoms with E-state index >= 15 is 0 Å². The molecule has 0 aliphatic rings. The monoisotopic (exact) mass is 2770 g/mol. The maximum absolute atomic E-state index is 11.3. The number of aliphatic hydroxyl groups is 1. The summed E-state index contributed by atoms with van der Waals surface area (Å²) < 4.78 is 14.2. The first kappa shape index (κ1) is 105. The van der Waals surface area contributed by atoms with Crippen molar-refractivity contribution in [1.29, 1.82) is 0 Å². The first-order chi connectivity index (χ1) is 38.0. The van der Waals surface area contributed by atoms with Gasteiger partial charge < -0.3 is 44.0 Å². The number of ether oxygens (including phenoxy) is 1. The molecule has 0 aliphatic carbocycles. The standard InChI is InChI=1S/C20H34I6O2.C18H30I6O2.C18H30O2.C2H6O.2ClH.HI.Na.Sn/c1-3-14(21)16(23)12-18(25)19(26)13-17(24)15(22)10-8-6-5-7-9-11-20(27)28-4-2;1-2-12(19)14(21)10-16(23)17(24)11-15(22)13(20)8-6-4-3-5-7-9-18(25)26;1-2-3-4-5-6-7-8-9-10-11-12-13-14-15-16-17-18(19)20;1-2-3;;;;;/h14-19H,3-13H2,1-2H3;12-17H,2-11H2,1H3,(H,25,26);3-4,6-7,9-10H,2,5,8,11-17H2,1H3,(H,19,20);3H,2H2,1H3;3*1H;;/q;;;;;;;+1;+2/p-3/b;;4-3-,7-6-,10-9-;;;;;;. The van der Waals surface area contributed by atoms with Crippen LogP contribution in [0.2, 0.25) is 0 Å². The van der Waals surface area contributed by atoms with Crippen LogP contribution in [0.1, 0.15) is 227 Å². The summed E-state index contributed by atoms with van der Waals surface area (Å²) in [5, 5.41) is 24.7. The number of halogens is 15. The molecule has 0 amide bonds. The number of hydrogen-bond acceptors (Lipinski definition) is 5. The topological polar surface area (TPSA) is 121 Å². The normalized spacial score (nSPS) is 15.5. The van der Waals surface area contributed by atoms with Crippen molar-refractivity contribution in [1.82, 2.24) is 0 Å². The molecule has 0 aromatic carbocycles. The molecule has 0 spiro atoms. The van der Waals surface area contributed by atoms with E-state index in [1.165, 1.54) is 103 Å². The van der Waals surface area contributed by atoms with Crippen LogP contribution in [0.4, 0.5) is 0 Å². The number of allylic oxidation sites excluding steroid dienone is 6. The fourth-order valence-electron chi connectivity index (χ4n) is 7.33. The molecule has 24 heteroatoms. The van der Waals surface area contributed by atoms with E-state index in [1.807, 2.05) is 6.92 Å². The molecule has 3 N–H and O–H groups in total. The van der Waals surface area contributed by atoms with Gasteiger partial charge in [-0.15, -0.1) is 0 Å². The van der Waals surface area contributed by atoms with E-state index in [4.69, 9.17) is 37.9 Å². The predicted octanol–water partition coefficient (Wildman–Crippen LogP) is 18.8. The van der Waals surface area contributed by atoms with Crippen molar-refractivity contribution in [3.05, 3.63) is 36.5 Å². The molecule has 0 saturated carbocycles. The largest absolute Gasteiger partial charge is 1.00 e. The van der Waals surface area contributed by atoms with Crippen molar-refractivity contribution in [2.75, 3.05) is 13.2 Å². The summed E-state index contributed by atoms with van der Waals surface area (Å²) in [6.45, 7) is 11.0. The Balaban J connectivity index is -0.000000196. The predicted molar refractivity (Wildman–Crippen MR) is 459 cm³/mol. The van der Waals surface area contributed by atoms with Gasteiger partial charge in [0, 0.05) is 73.0 Å². The van der Waals surface area contributed by atoms with Gasteiger partial charge in [0.05, 0.1) is 6.61 Å². The van der Waals surface area contributed by atoms with Gasteiger partial charge in [0.1, 0.15) is 0 Å². The van der Waals surface area contributed by atoms with Crippen LogP contribution < -0.4 is 53.5 Å². The number of carboxylic acids is 2. The summed E-state index contributed by atoms with van der Waals surface area (Å²) in [6.07, 6.45) is 46.3. The zero-order chi connectivity index (χ0) is 61.9. The van der Waals surface area contributed by atoms with Gasteiger partial charge in [-0.1, -0.05) is 399 Å². The van der Waals surface area contributed by atoms with E-state index in [0.717, 1.165) is 118 Å². The number of carbonyl (C=O) groups excluding carboxylic acids is 1. The SMILES string of the molecule is CC/C=C\C/C=C\C/C=C\CCCCCCCC(=O)O.CCC(I)C(I)CC(I)C(I)CC(I)C(I)CCCCCCCC(=O)O.CCO.CCOC(=O)CCCCCCCC(I)C(I)CC(I)C(I)CC(I)C(I)CC.[Cl][Sn][Cl].[I-].[Na+]. The van der Waals surface area contributed by atoms with Gasteiger partial charge in [0.2, 0.25) is 0 Å². The second kappa shape index (κ2) is 81.1. The van der Waals surface area contributed by atoms with Crippen LogP contribution in [0.25, 0.3) is 0 Å². The molecule has 0 aliphatic heterocycles. The van der Waals surface area contributed by atoms with E-state index in [0.29, 0.717) is 25.9 Å². The van der Waals surface area contributed by atoms with Crippen molar-refractivity contribution in [2.24, 2.45) is 0 Å². The molecule has 0 fully saturated rings. The zero-order valence-electron chi connectivity index (χ0n) is 49.7. The molecule has 12 unspecified atom stereocenters. The van der Waals surface area contributed by atoms with E-state index in [9.17, 15) is 14.4 Å². The Morgan fingerprint density at radius 3 is 1.01 bits per heavy atom. The van der Waals surface area contributed by atoms with Crippen molar-refractivity contribution >= 4 is 326 Å². The summed E-state index contributed by atoms with van der Waals surface area (Å²) in [6, 6.07) is 0. The second-order valence-electron chi connectivity index (χ2n) is 19.1. The summed E-state index contributed by atoms with van der Waals surface area (Å²) in [5.41, 5.74) is 0. The van der Waals surface area contributed by atoms with Crippen LogP contribution in [-0.4, -0.2) is 112 Å². The number of aliphatic carboxylic acids is 2. The van der Waals surface area contributed by atoms with Crippen LogP contribution in [0.15, 0.2) is 36.5 Å². The number of carbonyl (C=O) groups is 3. The first-order valence-corrected chi connectivity index (χ1v) is 51.0. The molecule has 2 radical (unpaired) electrons. The van der Waals surface area contributed by atoms with Crippen molar-refractivity contribution in [3.63, 3.8) is 0 Å². The smallest absolute Gasteiger partial charge is 1.00 e. The van der Waals surface area contributed by atoms with Crippen LogP contribution in [0, 0.1) is 0 Å². The fourth-order valence-corrected chi connectivity index (χ4v) is 20.6. The van der Waals surface area contributed by atoms with Gasteiger partial charge in [0.15, 0.2) is 0 Å². The molecule has 0 saturated heterocycles. The summed E-state index contributed by atoms with van der Waals surface area (Å²) in [5.74, 6) is -1.38. The molecule has 12 atom stereocenters. The zero-order valence-corrected chi connectivity index (χ0v) is 84.1. The maximum Gasteiger partial charge on any atom is 1.00 e. The third-order valence-electron chi connectivity index (χ3n) is 12.0. The summed E-state index contributed by atoms with van der Waals surface area (Å²) in [7, 11) is 9.87. The Labute approximate surface area is 723 Å². The third-order valence-corrected chi connectivity index (χ3v) is 37.8. The Kier molecular flexibility index (Phi) is 104. The van der Waals surface area contributed by atoms with Gasteiger partial charge in [-0.3, -0.25) is 14.4 Å². The van der Waals surface area contributed by atoms with Gasteiger partial charge in [0.25, 0.3) is 0 Å². The molecular weight excluding hydrogens is 2670 g/mol. The van der Waals surface area contributed by atoms with Crippen LogP contribution in [0.5, 0.6) is 0 Å². The summed E-state index contributed by atoms with van der Waals surface area (Å²) in [4.78, 5) is 32.1. The summed E-state index contributed by atoms with van der Waals surface area (Å²) >= 11 is 31.1. The molecule has 0 rings (SSSR count). The maximum atomic E-state index is 11.3. The van der Waals surface area contributed by atoms with Gasteiger partial charge in [-0.05, 0) is 117 Å². The second-order valence-corrected chi connectivity index (χ2v) is 42.6. The minimum Gasteiger partial charge on any atom is -1.00 e.